The van der Waals surface area contributed by atoms with E-state index >= 15 is 0 Å². The van der Waals surface area contributed by atoms with E-state index in [0.717, 1.165) is 24.2 Å². The number of amides is 1. The van der Waals surface area contributed by atoms with Crippen molar-refractivity contribution in [1.82, 2.24) is 5.32 Å². The maximum Gasteiger partial charge on any atom is 0.242 e. The summed E-state index contributed by atoms with van der Waals surface area (Å²) in [7, 11) is 0. The predicted molar refractivity (Wildman–Crippen MR) is 85.2 cm³/mol. The number of nitrogens with zero attached hydrogens (tertiary/aromatic N) is 1. The number of benzene rings is 2. The number of carbonyl (C=O) groups excluding carboxylic acids is 1. The van der Waals surface area contributed by atoms with Crippen LogP contribution in [0.15, 0.2) is 48.5 Å². The maximum atomic E-state index is 12.9. The Bertz CT molecular complexity index is 669. The zero-order valence-corrected chi connectivity index (χ0v) is 12.6. The first-order valence-electron chi connectivity index (χ1n) is 7.52. The van der Waals surface area contributed by atoms with Crippen LogP contribution in [0, 0.1) is 5.82 Å². The summed E-state index contributed by atoms with van der Waals surface area (Å²) in [5, 5.41) is 2.92. The number of rotatable bonds is 4. The van der Waals surface area contributed by atoms with Crippen LogP contribution in [-0.4, -0.2) is 18.5 Å². The van der Waals surface area contributed by atoms with E-state index in [1.165, 1.54) is 17.7 Å². The molecular formula is C18H19FN2O. The Morgan fingerprint density at radius 3 is 2.73 bits per heavy atom. The third-order valence-corrected chi connectivity index (χ3v) is 4.15. The molecule has 0 radical (unpaired) electrons. The highest BCUT2D eigenvalue weighted by Crippen LogP contribution is 2.29. The Morgan fingerprint density at radius 2 is 1.95 bits per heavy atom. The van der Waals surface area contributed by atoms with Crippen LogP contribution < -0.4 is 10.2 Å². The highest BCUT2D eigenvalue weighted by atomic mass is 19.1. The molecule has 1 atom stereocenters. The minimum atomic E-state index is -0.267. The number of hydrogen-bond donors (Lipinski definition) is 1. The first kappa shape index (κ1) is 14.6. The van der Waals surface area contributed by atoms with Crippen molar-refractivity contribution in [2.75, 3.05) is 11.4 Å². The van der Waals surface area contributed by atoms with Crippen LogP contribution in [0.2, 0.25) is 0 Å². The van der Waals surface area contributed by atoms with Crippen molar-refractivity contribution in [3.05, 3.63) is 65.5 Å². The normalized spacial score (nSPS) is 14.5. The number of fused-ring (bicyclic) bond motifs is 1. The van der Waals surface area contributed by atoms with Gasteiger partial charge in [0.15, 0.2) is 0 Å². The fourth-order valence-corrected chi connectivity index (χ4v) is 2.85. The molecule has 22 heavy (non-hydrogen) atoms. The van der Waals surface area contributed by atoms with E-state index in [4.69, 9.17) is 0 Å². The summed E-state index contributed by atoms with van der Waals surface area (Å²) in [5.74, 6) is -0.279. The molecule has 3 rings (SSSR count). The SMILES string of the molecule is C[C@@H](C(=O)NCc1ccc(F)cc1)N1CCc2ccccc21. The molecule has 0 spiro atoms. The molecule has 1 heterocycles. The number of carbonyl (C=O) groups is 1. The van der Waals surface area contributed by atoms with Crippen molar-refractivity contribution >= 4 is 11.6 Å². The van der Waals surface area contributed by atoms with Crippen molar-refractivity contribution in [2.24, 2.45) is 0 Å². The number of hydrogen-bond acceptors (Lipinski definition) is 2. The van der Waals surface area contributed by atoms with E-state index in [-0.39, 0.29) is 17.8 Å². The summed E-state index contributed by atoms with van der Waals surface area (Å²) in [6.07, 6.45) is 0.978. The van der Waals surface area contributed by atoms with Gasteiger partial charge in [-0.1, -0.05) is 30.3 Å². The van der Waals surface area contributed by atoms with E-state index in [1.54, 1.807) is 12.1 Å². The highest BCUT2D eigenvalue weighted by molar-refractivity contribution is 5.85. The lowest BCUT2D eigenvalue weighted by atomic mass is 10.1. The first-order valence-corrected chi connectivity index (χ1v) is 7.52. The molecule has 0 saturated carbocycles. The Balaban J connectivity index is 1.62. The van der Waals surface area contributed by atoms with Crippen LogP contribution in [-0.2, 0) is 17.8 Å². The van der Waals surface area contributed by atoms with Gasteiger partial charge in [0, 0.05) is 18.8 Å². The second-order valence-electron chi connectivity index (χ2n) is 5.59. The van der Waals surface area contributed by atoms with Crippen LogP contribution in [0.25, 0.3) is 0 Å². The summed E-state index contributed by atoms with van der Waals surface area (Å²) in [4.78, 5) is 14.5. The van der Waals surface area contributed by atoms with E-state index in [2.05, 4.69) is 22.3 Å². The predicted octanol–water partition coefficient (Wildman–Crippen LogP) is 2.89. The molecule has 3 nitrogen and oxygen atoms in total. The van der Waals surface area contributed by atoms with Crippen molar-refractivity contribution in [3.63, 3.8) is 0 Å². The van der Waals surface area contributed by atoms with Gasteiger partial charge in [-0.15, -0.1) is 0 Å². The number of halogens is 1. The van der Waals surface area contributed by atoms with Gasteiger partial charge >= 0.3 is 0 Å². The summed E-state index contributed by atoms with van der Waals surface area (Å²) in [6, 6.07) is 14.2. The van der Waals surface area contributed by atoms with Crippen molar-refractivity contribution < 1.29 is 9.18 Å². The average Bonchev–Trinajstić information content (AvgIpc) is 2.97. The Labute approximate surface area is 129 Å². The van der Waals surface area contributed by atoms with Gasteiger partial charge in [0.1, 0.15) is 11.9 Å². The van der Waals surface area contributed by atoms with Crippen LogP contribution in [0.3, 0.4) is 0 Å². The number of para-hydroxylation sites is 1. The standard InChI is InChI=1S/C18H19FN2O/c1-13(21-11-10-15-4-2-3-5-17(15)21)18(22)20-12-14-6-8-16(19)9-7-14/h2-9,13H,10-12H2,1H3,(H,20,22)/t13-/m0/s1. The molecule has 1 aliphatic heterocycles. The Morgan fingerprint density at radius 1 is 1.23 bits per heavy atom. The molecule has 2 aromatic carbocycles. The molecule has 4 heteroatoms. The molecule has 114 valence electrons. The first-order chi connectivity index (χ1) is 10.6. The van der Waals surface area contributed by atoms with E-state index < -0.39 is 0 Å². The molecule has 1 N–H and O–H groups in total. The Hall–Kier alpha value is -2.36. The molecule has 2 aromatic rings. The lowest BCUT2D eigenvalue weighted by molar-refractivity contribution is -0.122. The summed E-state index contributed by atoms with van der Waals surface area (Å²) < 4.78 is 12.9. The molecule has 0 bridgehead atoms. The fourth-order valence-electron chi connectivity index (χ4n) is 2.85. The Kier molecular flexibility index (Phi) is 4.09. The second kappa shape index (κ2) is 6.18. The smallest absolute Gasteiger partial charge is 0.242 e. The van der Waals surface area contributed by atoms with Gasteiger partial charge in [-0.05, 0) is 42.7 Å². The molecular weight excluding hydrogens is 279 g/mol. The van der Waals surface area contributed by atoms with Gasteiger partial charge < -0.3 is 10.2 Å². The topological polar surface area (TPSA) is 32.3 Å². The van der Waals surface area contributed by atoms with Crippen molar-refractivity contribution in [1.29, 1.82) is 0 Å². The van der Waals surface area contributed by atoms with E-state index in [0.29, 0.717) is 6.54 Å². The zero-order valence-electron chi connectivity index (χ0n) is 12.6. The zero-order chi connectivity index (χ0) is 15.5. The maximum absolute atomic E-state index is 12.9. The van der Waals surface area contributed by atoms with Crippen molar-refractivity contribution in [2.45, 2.75) is 25.9 Å². The monoisotopic (exact) mass is 298 g/mol. The summed E-state index contributed by atoms with van der Waals surface area (Å²) in [5.41, 5.74) is 3.33. The van der Waals surface area contributed by atoms with Crippen molar-refractivity contribution in [3.8, 4) is 0 Å². The quantitative estimate of drug-likeness (QED) is 0.941. The second-order valence-corrected chi connectivity index (χ2v) is 5.59. The van der Waals surface area contributed by atoms with Crippen LogP contribution >= 0.6 is 0 Å². The van der Waals surface area contributed by atoms with Gasteiger partial charge in [0.05, 0.1) is 0 Å². The van der Waals surface area contributed by atoms with Gasteiger partial charge in [-0.2, -0.15) is 0 Å². The summed E-state index contributed by atoms with van der Waals surface area (Å²) >= 11 is 0. The highest BCUT2D eigenvalue weighted by Gasteiger charge is 2.27. The van der Waals surface area contributed by atoms with Crippen LogP contribution in [0.4, 0.5) is 10.1 Å². The van der Waals surface area contributed by atoms with E-state index in [1.807, 2.05) is 19.1 Å². The van der Waals surface area contributed by atoms with Gasteiger partial charge in [-0.3, -0.25) is 4.79 Å². The molecule has 0 unspecified atom stereocenters. The number of nitrogens with one attached hydrogen (secondary N) is 1. The van der Waals surface area contributed by atoms with Crippen LogP contribution in [0.5, 0.6) is 0 Å². The molecule has 0 aliphatic carbocycles. The van der Waals surface area contributed by atoms with Gasteiger partial charge in [-0.25, -0.2) is 4.39 Å². The largest absolute Gasteiger partial charge is 0.359 e. The molecule has 0 aromatic heterocycles. The lowest BCUT2D eigenvalue weighted by Gasteiger charge is -2.26. The molecule has 0 saturated heterocycles. The number of anilines is 1. The lowest BCUT2D eigenvalue weighted by Crippen LogP contribution is -2.44. The molecule has 1 aliphatic rings. The third kappa shape index (κ3) is 2.96. The minimum Gasteiger partial charge on any atom is -0.359 e. The molecule has 0 fully saturated rings. The third-order valence-electron chi connectivity index (χ3n) is 4.15. The van der Waals surface area contributed by atoms with Gasteiger partial charge in [0.25, 0.3) is 0 Å². The van der Waals surface area contributed by atoms with Gasteiger partial charge in [0.2, 0.25) is 5.91 Å². The van der Waals surface area contributed by atoms with Crippen LogP contribution in [0.1, 0.15) is 18.1 Å². The fraction of sp³-hybridized carbons (Fsp3) is 0.278. The average molecular weight is 298 g/mol. The van der Waals surface area contributed by atoms with E-state index in [9.17, 15) is 9.18 Å². The minimum absolute atomic E-state index is 0.0129. The molecule has 1 amide bonds. The summed E-state index contributed by atoms with van der Waals surface area (Å²) in [6.45, 7) is 3.20.